The number of hydrogen-bond donors (Lipinski definition) is 0. The average molecular weight is 275 g/mol. The van der Waals surface area contributed by atoms with Gasteiger partial charge in [-0.1, -0.05) is 26.8 Å². The highest BCUT2D eigenvalue weighted by atomic mass is 16.5. The molecule has 0 bridgehead atoms. The van der Waals surface area contributed by atoms with E-state index in [9.17, 15) is 14.7 Å². The summed E-state index contributed by atoms with van der Waals surface area (Å²) in [6.07, 6.45) is 0. The predicted octanol–water partition coefficient (Wildman–Crippen LogP) is 1.72. The van der Waals surface area contributed by atoms with Crippen molar-refractivity contribution in [2.24, 2.45) is 5.41 Å². The Morgan fingerprint density at radius 2 is 1.85 bits per heavy atom. The van der Waals surface area contributed by atoms with Crippen molar-refractivity contribution in [3.8, 4) is 0 Å². The van der Waals surface area contributed by atoms with E-state index in [1.165, 1.54) is 0 Å². The van der Waals surface area contributed by atoms with Gasteiger partial charge in [0.05, 0.1) is 11.5 Å². The van der Waals surface area contributed by atoms with Crippen LogP contribution in [-0.2, 0) is 21.6 Å². The van der Waals surface area contributed by atoms with Gasteiger partial charge in [0, 0.05) is 11.0 Å². The summed E-state index contributed by atoms with van der Waals surface area (Å²) in [4.78, 5) is 23.3. The molecule has 1 aromatic carbocycles. The summed E-state index contributed by atoms with van der Waals surface area (Å²) in [6, 6.07) is 3.36. The Bertz CT molecular complexity index is 595. The summed E-state index contributed by atoms with van der Waals surface area (Å²) in [5, 5.41) is 11.8. The molecule has 4 heteroatoms. The molecule has 2 rings (SSSR count). The lowest BCUT2D eigenvalue weighted by Gasteiger charge is -2.44. The van der Waals surface area contributed by atoms with Crippen LogP contribution < -0.4 is 5.11 Å². The van der Waals surface area contributed by atoms with Gasteiger partial charge in [0.25, 0.3) is 0 Å². The Morgan fingerprint density at radius 1 is 1.25 bits per heavy atom. The number of hydrogen-bond acceptors (Lipinski definition) is 4. The van der Waals surface area contributed by atoms with E-state index in [4.69, 9.17) is 4.74 Å². The molecule has 0 aliphatic carbocycles. The fraction of sp³-hybridized carbons (Fsp3) is 0.500. The number of carboxylic acids is 1. The third-order valence-electron chi connectivity index (χ3n) is 4.61. The lowest BCUT2D eigenvalue weighted by atomic mass is 9.62. The quantitative estimate of drug-likeness (QED) is 0.771. The van der Waals surface area contributed by atoms with E-state index in [0.29, 0.717) is 11.1 Å². The molecule has 20 heavy (non-hydrogen) atoms. The second kappa shape index (κ2) is 4.33. The van der Waals surface area contributed by atoms with Crippen LogP contribution in [0, 0.1) is 12.3 Å². The smallest absolute Gasteiger partial charge is 0.338 e. The van der Waals surface area contributed by atoms with E-state index in [1.54, 1.807) is 19.1 Å². The van der Waals surface area contributed by atoms with Crippen molar-refractivity contribution in [3.05, 3.63) is 34.4 Å². The molecular formula is C16H19O4-. The minimum atomic E-state index is -1.14. The van der Waals surface area contributed by atoms with Gasteiger partial charge in [-0.25, -0.2) is 4.79 Å². The molecule has 1 aromatic rings. The third-order valence-corrected chi connectivity index (χ3v) is 4.61. The van der Waals surface area contributed by atoms with E-state index >= 15 is 0 Å². The Balaban J connectivity index is 2.70. The second-order valence-corrected chi connectivity index (χ2v) is 6.50. The van der Waals surface area contributed by atoms with Crippen molar-refractivity contribution in [1.29, 1.82) is 0 Å². The number of ether oxygens (including phenoxy) is 1. The molecule has 0 N–H and O–H groups in total. The van der Waals surface area contributed by atoms with Crippen LogP contribution in [0.2, 0.25) is 0 Å². The number of cyclic esters (lactones) is 1. The molecule has 1 unspecified atom stereocenters. The van der Waals surface area contributed by atoms with Crippen LogP contribution in [0.3, 0.4) is 0 Å². The summed E-state index contributed by atoms with van der Waals surface area (Å²) in [5.74, 6) is -1.46. The number of carbonyl (C=O) groups excluding carboxylic acids is 2. The van der Waals surface area contributed by atoms with E-state index in [0.717, 1.165) is 11.1 Å². The summed E-state index contributed by atoms with van der Waals surface area (Å²) < 4.78 is 5.02. The zero-order valence-corrected chi connectivity index (χ0v) is 12.5. The number of fused-ring (bicyclic) bond motifs is 1. The van der Waals surface area contributed by atoms with Crippen molar-refractivity contribution >= 4 is 11.9 Å². The molecule has 0 fully saturated rings. The van der Waals surface area contributed by atoms with Gasteiger partial charge in [-0.15, -0.1) is 0 Å². The van der Waals surface area contributed by atoms with Crippen molar-refractivity contribution < 1.29 is 19.4 Å². The van der Waals surface area contributed by atoms with Crippen LogP contribution in [0.15, 0.2) is 12.1 Å². The van der Waals surface area contributed by atoms with E-state index in [-0.39, 0.29) is 12.6 Å². The van der Waals surface area contributed by atoms with Crippen LogP contribution in [0.25, 0.3) is 0 Å². The Labute approximate surface area is 118 Å². The highest BCUT2D eigenvalue weighted by molar-refractivity contribution is 5.94. The Morgan fingerprint density at radius 3 is 2.35 bits per heavy atom. The van der Waals surface area contributed by atoms with Crippen molar-refractivity contribution in [2.75, 3.05) is 0 Å². The predicted molar refractivity (Wildman–Crippen MR) is 72.1 cm³/mol. The third kappa shape index (κ3) is 1.82. The van der Waals surface area contributed by atoms with Gasteiger partial charge in [0.2, 0.25) is 0 Å². The maximum Gasteiger partial charge on any atom is 0.338 e. The summed E-state index contributed by atoms with van der Waals surface area (Å²) in [6.45, 7) is 9.34. The number of esters is 1. The summed E-state index contributed by atoms with van der Waals surface area (Å²) in [5.41, 5.74) is 1.13. The van der Waals surface area contributed by atoms with Gasteiger partial charge in [-0.05, 0) is 36.5 Å². The van der Waals surface area contributed by atoms with Gasteiger partial charge in [0.15, 0.2) is 0 Å². The molecule has 1 aliphatic heterocycles. The fourth-order valence-corrected chi connectivity index (χ4v) is 2.71. The van der Waals surface area contributed by atoms with E-state index in [2.05, 4.69) is 0 Å². The molecule has 0 amide bonds. The molecule has 0 saturated carbocycles. The van der Waals surface area contributed by atoms with Crippen LogP contribution in [0.5, 0.6) is 0 Å². The Kier molecular flexibility index (Phi) is 3.16. The molecule has 0 aromatic heterocycles. The molecular weight excluding hydrogens is 256 g/mol. The van der Waals surface area contributed by atoms with Gasteiger partial charge >= 0.3 is 5.97 Å². The summed E-state index contributed by atoms with van der Waals surface area (Å²) >= 11 is 0. The first kappa shape index (κ1) is 14.6. The Hall–Kier alpha value is -1.84. The van der Waals surface area contributed by atoms with E-state index < -0.39 is 16.8 Å². The SMILES string of the molecule is Cc1c(C(C)(C(=O)[O-])C(C)(C)C)ccc2c1COC2=O. The minimum Gasteiger partial charge on any atom is -0.549 e. The van der Waals surface area contributed by atoms with Crippen molar-refractivity contribution in [2.45, 2.75) is 46.6 Å². The number of benzene rings is 1. The molecule has 0 radical (unpaired) electrons. The normalized spacial score (nSPS) is 17.4. The zero-order chi connectivity index (χ0) is 15.3. The van der Waals surface area contributed by atoms with Gasteiger partial charge in [-0.2, -0.15) is 0 Å². The molecule has 1 atom stereocenters. The number of aliphatic carboxylic acids is 1. The number of carbonyl (C=O) groups is 2. The monoisotopic (exact) mass is 275 g/mol. The number of carboxylic acid groups (broad SMARTS) is 1. The maximum absolute atomic E-state index is 11.8. The van der Waals surface area contributed by atoms with Gasteiger partial charge < -0.3 is 14.6 Å². The average Bonchev–Trinajstić information content (AvgIpc) is 2.70. The molecule has 108 valence electrons. The van der Waals surface area contributed by atoms with Crippen LogP contribution in [-0.4, -0.2) is 11.9 Å². The van der Waals surface area contributed by atoms with Crippen molar-refractivity contribution in [1.82, 2.24) is 0 Å². The first-order chi connectivity index (χ1) is 9.10. The molecule has 4 nitrogen and oxygen atoms in total. The minimum absolute atomic E-state index is 0.209. The molecule has 1 aliphatic rings. The summed E-state index contributed by atoms with van der Waals surface area (Å²) in [7, 11) is 0. The van der Waals surface area contributed by atoms with Crippen LogP contribution in [0.1, 0.15) is 54.7 Å². The highest BCUT2D eigenvalue weighted by Gasteiger charge is 2.42. The van der Waals surface area contributed by atoms with Crippen LogP contribution in [0.4, 0.5) is 0 Å². The zero-order valence-electron chi connectivity index (χ0n) is 12.5. The van der Waals surface area contributed by atoms with E-state index in [1.807, 2.05) is 27.7 Å². The largest absolute Gasteiger partial charge is 0.549 e. The highest BCUT2D eigenvalue weighted by Crippen LogP contribution is 2.44. The lowest BCUT2D eigenvalue weighted by molar-refractivity contribution is -0.317. The topological polar surface area (TPSA) is 66.4 Å². The molecule has 1 heterocycles. The van der Waals surface area contributed by atoms with Crippen LogP contribution >= 0.6 is 0 Å². The maximum atomic E-state index is 11.8. The standard InChI is InChI=1S/C16H20O4/c1-9-11-8-20-13(17)10(11)6-7-12(9)16(5,14(18)19)15(2,3)4/h6-7H,8H2,1-5H3,(H,18,19)/p-1. The van der Waals surface area contributed by atoms with Gasteiger partial charge in [0.1, 0.15) is 6.61 Å². The first-order valence-electron chi connectivity index (χ1n) is 6.62. The molecule has 0 saturated heterocycles. The lowest BCUT2D eigenvalue weighted by Crippen LogP contribution is -2.52. The first-order valence-corrected chi connectivity index (χ1v) is 6.62. The van der Waals surface area contributed by atoms with Gasteiger partial charge in [-0.3, -0.25) is 0 Å². The second-order valence-electron chi connectivity index (χ2n) is 6.50. The van der Waals surface area contributed by atoms with Crippen molar-refractivity contribution in [3.63, 3.8) is 0 Å². The molecule has 0 spiro atoms. The fourth-order valence-electron chi connectivity index (χ4n) is 2.71. The number of rotatable bonds is 2.